The molecule has 1 aliphatic rings. The Labute approximate surface area is 121 Å². The minimum atomic E-state index is -5.09. The second-order valence-electron chi connectivity index (χ2n) is 5.78. The highest BCUT2D eigenvalue weighted by Gasteiger charge is 2.59. The summed E-state index contributed by atoms with van der Waals surface area (Å²) in [5.74, 6) is -3.06. The number of hydrogen-bond acceptors (Lipinski definition) is 3. The van der Waals surface area contributed by atoms with Gasteiger partial charge >= 0.3 is 12.1 Å². The van der Waals surface area contributed by atoms with Crippen molar-refractivity contribution in [1.82, 2.24) is 5.32 Å². The Morgan fingerprint density at radius 1 is 1.19 bits per heavy atom. The standard InChI is InChI=1S/C13H21F3N2O3/c1-11(10(20)21,13(14,15)16)18-9(19)12(8-17)6-4-2-3-5-7-12/h2-8,17H2,1H3,(H,18,19)(H,20,21). The van der Waals surface area contributed by atoms with Crippen LogP contribution in [-0.2, 0) is 9.59 Å². The molecule has 1 saturated carbocycles. The van der Waals surface area contributed by atoms with Crippen LogP contribution in [0.5, 0.6) is 0 Å². The molecule has 122 valence electrons. The molecule has 1 unspecified atom stereocenters. The smallest absolute Gasteiger partial charge is 0.422 e. The fourth-order valence-corrected chi connectivity index (χ4v) is 2.53. The lowest BCUT2D eigenvalue weighted by atomic mass is 9.78. The van der Waals surface area contributed by atoms with Gasteiger partial charge in [0.15, 0.2) is 0 Å². The summed E-state index contributed by atoms with van der Waals surface area (Å²) >= 11 is 0. The van der Waals surface area contributed by atoms with Gasteiger partial charge in [-0.2, -0.15) is 13.2 Å². The van der Waals surface area contributed by atoms with Crippen molar-refractivity contribution in [3.05, 3.63) is 0 Å². The molecule has 0 aliphatic heterocycles. The van der Waals surface area contributed by atoms with Crippen molar-refractivity contribution in [2.45, 2.75) is 57.2 Å². The zero-order chi connectivity index (χ0) is 16.3. The van der Waals surface area contributed by atoms with Gasteiger partial charge < -0.3 is 16.2 Å². The van der Waals surface area contributed by atoms with Crippen LogP contribution in [0.4, 0.5) is 13.2 Å². The molecule has 0 radical (unpaired) electrons. The van der Waals surface area contributed by atoms with Crippen LogP contribution in [-0.4, -0.2) is 35.2 Å². The van der Waals surface area contributed by atoms with Crippen molar-refractivity contribution in [2.24, 2.45) is 11.1 Å². The number of rotatable bonds is 4. The topological polar surface area (TPSA) is 92.4 Å². The molecule has 5 nitrogen and oxygen atoms in total. The van der Waals surface area contributed by atoms with Gasteiger partial charge in [0, 0.05) is 6.54 Å². The van der Waals surface area contributed by atoms with Crippen molar-refractivity contribution >= 4 is 11.9 Å². The molecule has 8 heteroatoms. The highest BCUT2D eigenvalue weighted by atomic mass is 19.4. The fourth-order valence-electron chi connectivity index (χ4n) is 2.53. The van der Waals surface area contributed by atoms with E-state index in [1.807, 2.05) is 0 Å². The summed E-state index contributed by atoms with van der Waals surface area (Å²) in [6.07, 6.45) is -1.16. The van der Waals surface area contributed by atoms with Gasteiger partial charge in [-0.25, -0.2) is 4.79 Å². The van der Waals surface area contributed by atoms with E-state index in [0.29, 0.717) is 32.6 Å². The quantitative estimate of drug-likeness (QED) is 0.690. The third-order valence-electron chi connectivity index (χ3n) is 4.29. The number of amides is 1. The van der Waals surface area contributed by atoms with E-state index >= 15 is 0 Å². The number of carbonyl (C=O) groups excluding carboxylic acids is 1. The van der Waals surface area contributed by atoms with E-state index in [-0.39, 0.29) is 6.54 Å². The zero-order valence-corrected chi connectivity index (χ0v) is 11.9. The van der Waals surface area contributed by atoms with E-state index in [9.17, 15) is 22.8 Å². The number of alkyl halides is 3. The van der Waals surface area contributed by atoms with Crippen LogP contribution in [0.2, 0.25) is 0 Å². The van der Waals surface area contributed by atoms with Gasteiger partial charge in [-0.1, -0.05) is 25.7 Å². The first-order valence-corrected chi connectivity index (χ1v) is 6.92. The van der Waals surface area contributed by atoms with Gasteiger partial charge in [0.05, 0.1) is 5.41 Å². The molecule has 0 heterocycles. The SMILES string of the molecule is CC(NC(=O)C1(CN)CCCCCC1)(C(=O)O)C(F)(F)F. The number of aliphatic carboxylic acids is 1. The summed E-state index contributed by atoms with van der Waals surface area (Å²) in [5.41, 5.74) is 1.20. The van der Waals surface area contributed by atoms with E-state index in [0.717, 1.165) is 12.8 Å². The fraction of sp³-hybridized carbons (Fsp3) is 0.846. The number of hydrogen-bond donors (Lipinski definition) is 3. The molecule has 1 rings (SSSR count). The minimum absolute atomic E-state index is 0.0909. The van der Waals surface area contributed by atoms with Crippen molar-refractivity contribution in [1.29, 1.82) is 0 Å². The van der Waals surface area contributed by atoms with Crippen LogP contribution in [0.25, 0.3) is 0 Å². The van der Waals surface area contributed by atoms with Crippen molar-refractivity contribution < 1.29 is 27.9 Å². The van der Waals surface area contributed by atoms with Crippen LogP contribution < -0.4 is 11.1 Å². The van der Waals surface area contributed by atoms with Gasteiger partial charge in [0.1, 0.15) is 0 Å². The van der Waals surface area contributed by atoms with Crippen LogP contribution in [0, 0.1) is 5.41 Å². The normalized spacial score (nSPS) is 22.0. The monoisotopic (exact) mass is 310 g/mol. The van der Waals surface area contributed by atoms with Crippen LogP contribution in [0.3, 0.4) is 0 Å². The Morgan fingerprint density at radius 3 is 2.00 bits per heavy atom. The second kappa shape index (κ2) is 6.21. The Morgan fingerprint density at radius 2 is 1.67 bits per heavy atom. The largest absolute Gasteiger partial charge is 0.479 e. The van der Waals surface area contributed by atoms with E-state index in [2.05, 4.69) is 0 Å². The number of carboxylic acids is 1. The van der Waals surface area contributed by atoms with Crippen LogP contribution in [0.1, 0.15) is 45.4 Å². The van der Waals surface area contributed by atoms with E-state index in [1.165, 1.54) is 0 Å². The lowest BCUT2D eigenvalue weighted by Gasteiger charge is -2.35. The van der Waals surface area contributed by atoms with E-state index < -0.39 is 29.0 Å². The number of nitrogens with two attached hydrogens (primary N) is 1. The van der Waals surface area contributed by atoms with Crippen LogP contribution >= 0.6 is 0 Å². The summed E-state index contributed by atoms with van der Waals surface area (Å²) in [5, 5.41) is 10.5. The van der Waals surface area contributed by atoms with E-state index in [1.54, 1.807) is 5.32 Å². The summed E-state index contributed by atoms with van der Waals surface area (Å²) in [7, 11) is 0. The second-order valence-corrected chi connectivity index (χ2v) is 5.78. The predicted molar refractivity (Wildman–Crippen MR) is 69.4 cm³/mol. The van der Waals surface area contributed by atoms with Gasteiger partial charge in [0.2, 0.25) is 11.4 Å². The molecule has 4 N–H and O–H groups in total. The molecular formula is C13H21F3N2O3. The number of carboxylic acid groups (broad SMARTS) is 1. The van der Waals surface area contributed by atoms with Gasteiger partial charge in [-0.3, -0.25) is 4.79 Å². The maximum Gasteiger partial charge on any atom is 0.422 e. The Bertz CT molecular complexity index is 404. The van der Waals surface area contributed by atoms with Crippen molar-refractivity contribution in [2.75, 3.05) is 6.54 Å². The molecule has 21 heavy (non-hydrogen) atoms. The van der Waals surface area contributed by atoms with Gasteiger partial charge in [-0.05, 0) is 19.8 Å². The van der Waals surface area contributed by atoms with Crippen LogP contribution in [0.15, 0.2) is 0 Å². The molecule has 0 aromatic rings. The number of halogens is 3. The van der Waals surface area contributed by atoms with Crippen molar-refractivity contribution in [3.63, 3.8) is 0 Å². The van der Waals surface area contributed by atoms with Gasteiger partial charge in [-0.15, -0.1) is 0 Å². The average molecular weight is 310 g/mol. The Kier molecular flexibility index (Phi) is 5.25. The first-order chi connectivity index (χ1) is 9.59. The summed E-state index contributed by atoms with van der Waals surface area (Å²) in [6.45, 7) is 0.362. The Hall–Kier alpha value is -1.31. The highest BCUT2D eigenvalue weighted by Crippen LogP contribution is 2.37. The molecule has 0 saturated heterocycles. The molecule has 1 atom stereocenters. The lowest BCUT2D eigenvalue weighted by molar-refractivity contribution is -0.208. The first-order valence-electron chi connectivity index (χ1n) is 6.92. The molecule has 0 bridgehead atoms. The first kappa shape index (κ1) is 17.7. The summed E-state index contributed by atoms with van der Waals surface area (Å²) < 4.78 is 38.9. The third kappa shape index (κ3) is 3.48. The highest BCUT2D eigenvalue weighted by molar-refractivity contribution is 5.90. The molecule has 1 amide bonds. The molecule has 0 spiro atoms. The summed E-state index contributed by atoms with van der Waals surface area (Å²) in [4.78, 5) is 23.3. The number of carbonyl (C=O) groups is 2. The van der Waals surface area contributed by atoms with Crippen molar-refractivity contribution in [3.8, 4) is 0 Å². The molecule has 0 aromatic carbocycles. The van der Waals surface area contributed by atoms with Gasteiger partial charge in [0.25, 0.3) is 0 Å². The minimum Gasteiger partial charge on any atom is -0.479 e. The Balaban J connectivity index is 3.02. The lowest BCUT2D eigenvalue weighted by Crippen LogP contribution is -2.65. The summed E-state index contributed by atoms with van der Waals surface area (Å²) in [6, 6.07) is 0. The molecule has 1 aliphatic carbocycles. The third-order valence-corrected chi connectivity index (χ3v) is 4.29. The maximum absolute atomic E-state index is 13.0. The van der Waals surface area contributed by atoms with E-state index in [4.69, 9.17) is 10.8 Å². The predicted octanol–water partition coefficient (Wildman–Crippen LogP) is 1.81. The zero-order valence-electron chi connectivity index (χ0n) is 11.9. The molecule has 1 fully saturated rings. The maximum atomic E-state index is 13.0. The molecule has 0 aromatic heterocycles. The average Bonchev–Trinajstić information content (AvgIpc) is 2.63. The molecular weight excluding hydrogens is 289 g/mol. The number of nitrogens with one attached hydrogen (secondary N) is 1.